The van der Waals surface area contributed by atoms with E-state index in [-0.39, 0.29) is 0 Å². The number of benzene rings is 1. The molecule has 0 saturated heterocycles. The van der Waals surface area contributed by atoms with Gasteiger partial charge < -0.3 is 4.52 Å². The monoisotopic (exact) mass is 237 g/mol. The first-order chi connectivity index (χ1) is 7.65. The Hall–Kier alpha value is -1.10. The third kappa shape index (κ3) is 3.20. The first-order valence-corrected chi connectivity index (χ1v) is 7.35. The molecule has 0 N–H and O–H groups in total. The van der Waals surface area contributed by atoms with E-state index in [4.69, 9.17) is 9.79 Å². The van der Waals surface area contributed by atoms with Crippen LogP contribution in [0.2, 0.25) is 0 Å². The summed E-state index contributed by atoms with van der Waals surface area (Å²) in [6.45, 7) is 3.65. The van der Waals surface area contributed by atoms with Crippen LogP contribution >= 0.6 is 7.37 Å². The molecular weight excluding hydrogens is 221 g/mol. The minimum atomic E-state index is -2.64. The van der Waals surface area contributed by atoms with E-state index in [1.165, 1.54) is 0 Å². The molecule has 1 aromatic carbocycles. The number of nitriles is 1. The summed E-state index contributed by atoms with van der Waals surface area (Å²) in [6.07, 6.45) is 0.204. The van der Waals surface area contributed by atoms with Crippen molar-refractivity contribution in [3.63, 3.8) is 0 Å². The van der Waals surface area contributed by atoms with Crippen molar-refractivity contribution in [2.75, 3.05) is 12.3 Å². The molecule has 0 radical (unpaired) electrons. The van der Waals surface area contributed by atoms with Gasteiger partial charge in [-0.05, 0) is 5.56 Å². The summed E-state index contributed by atoms with van der Waals surface area (Å²) in [5, 5.41) is 9.04. The summed E-state index contributed by atoms with van der Waals surface area (Å²) >= 11 is 0. The van der Waals surface area contributed by atoms with Crippen molar-refractivity contribution < 1.29 is 9.09 Å². The van der Waals surface area contributed by atoms with E-state index in [1.54, 1.807) is 0 Å². The second kappa shape index (κ2) is 5.84. The van der Waals surface area contributed by atoms with Gasteiger partial charge in [0.1, 0.15) is 0 Å². The average Bonchev–Trinajstić information content (AvgIpc) is 2.36. The third-order valence-corrected chi connectivity index (χ3v) is 5.00. The van der Waals surface area contributed by atoms with Crippen molar-refractivity contribution in [3.05, 3.63) is 35.9 Å². The van der Waals surface area contributed by atoms with Crippen LogP contribution < -0.4 is 0 Å². The molecule has 0 heterocycles. The lowest BCUT2D eigenvalue weighted by atomic mass is 10.1. The van der Waals surface area contributed by atoms with Gasteiger partial charge in [-0.25, -0.2) is 0 Å². The van der Waals surface area contributed by atoms with E-state index in [1.807, 2.05) is 50.2 Å². The molecule has 0 bridgehead atoms. The minimum absolute atomic E-state index is 0.467. The van der Waals surface area contributed by atoms with Crippen molar-refractivity contribution in [1.82, 2.24) is 0 Å². The van der Waals surface area contributed by atoms with Gasteiger partial charge in [-0.15, -0.1) is 0 Å². The van der Waals surface area contributed by atoms with E-state index in [0.29, 0.717) is 12.3 Å². The minimum Gasteiger partial charge on any atom is -0.305 e. The molecule has 4 heteroatoms. The zero-order chi connectivity index (χ0) is 12.0. The summed E-state index contributed by atoms with van der Waals surface area (Å²) in [5.41, 5.74) is 0.757. The van der Waals surface area contributed by atoms with Gasteiger partial charge >= 0.3 is 0 Å². The molecule has 16 heavy (non-hydrogen) atoms. The summed E-state index contributed by atoms with van der Waals surface area (Å²) in [7, 11) is -2.64. The van der Waals surface area contributed by atoms with E-state index in [9.17, 15) is 4.57 Å². The highest BCUT2D eigenvalue weighted by Gasteiger charge is 2.24. The van der Waals surface area contributed by atoms with Gasteiger partial charge in [-0.2, -0.15) is 5.26 Å². The van der Waals surface area contributed by atoms with Gasteiger partial charge in [0.05, 0.1) is 6.07 Å². The topological polar surface area (TPSA) is 50.1 Å². The maximum absolute atomic E-state index is 12.1. The smallest absolute Gasteiger partial charge is 0.204 e. The zero-order valence-electron chi connectivity index (χ0n) is 9.59. The van der Waals surface area contributed by atoms with Gasteiger partial charge in [-0.3, -0.25) is 4.57 Å². The van der Waals surface area contributed by atoms with Crippen LogP contribution in [-0.2, 0) is 9.09 Å². The SMILES string of the molecule is CCP(=O)(CC)OC(C#N)c1ccccc1. The molecule has 0 aliphatic rings. The van der Waals surface area contributed by atoms with E-state index >= 15 is 0 Å². The second-order valence-corrected chi connectivity index (χ2v) is 6.58. The summed E-state index contributed by atoms with van der Waals surface area (Å²) in [4.78, 5) is 0. The molecule has 1 atom stereocenters. The van der Waals surface area contributed by atoms with Crippen LogP contribution in [0.1, 0.15) is 25.5 Å². The highest BCUT2D eigenvalue weighted by Crippen LogP contribution is 2.49. The predicted molar refractivity (Wildman–Crippen MR) is 64.6 cm³/mol. The van der Waals surface area contributed by atoms with Crippen LogP contribution in [0.15, 0.2) is 30.3 Å². The fourth-order valence-corrected chi connectivity index (χ4v) is 2.65. The Morgan fingerprint density at radius 3 is 2.31 bits per heavy atom. The fraction of sp³-hybridized carbons (Fsp3) is 0.417. The molecule has 1 unspecified atom stereocenters. The van der Waals surface area contributed by atoms with Crippen molar-refractivity contribution >= 4 is 7.37 Å². The summed E-state index contributed by atoms with van der Waals surface area (Å²) < 4.78 is 17.6. The Bertz CT molecular complexity index is 403. The molecule has 0 spiro atoms. The standard InChI is InChI=1S/C12H16NO2P/c1-3-16(14,4-2)15-12(10-13)11-8-6-5-7-9-11/h5-9,12H,3-4H2,1-2H3. The molecule has 1 aromatic rings. The van der Waals surface area contributed by atoms with Crippen molar-refractivity contribution in [2.24, 2.45) is 0 Å². The molecule has 3 nitrogen and oxygen atoms in total. The lowest BCUT2D eigenvalue weighted by molar-refractivity contribution is 0.263. The Kier molecular flexibility index (Phi) is 4.73. The van der Waals surface area contributed by atoms with Crippen LogP contribution in [0, 0.1) is 11.3 Å². The van der Waals surface area contributed by atoms with Crippen molar-refractivity contribution in [3.8, 4) is 6.07 Å². The van der Waals surface area contributed by atoms with E-state index in [2.05, 4.69) is 0 Å². The number of nitrogens with zero attached hydrogens (tertiary/aromatic N) is 1. The lowest BCUT2D eigenvalue weighted by Crippen LogP contribution is -2.03. The number of rotatable bonds is 5. The predicted octanol–water partition coefficient (Wildman–Crippen LogP) is 3.59. The normalized spacial score (nSPS) is 13.1. The highest BCUT2D eigenvalue weighted by molar-refractivity contribution is 7.58. The maximum atomic E-state index is 12.1. The van der Waals surface area contributed by atoms with E-state index < -0.39 is 13.5 Å². The lowest BCUT2D eigenvalue weighted by Gasteiger charge is -2.18. The highest BCUT2D eigenvalue weighted by atomic mass is 31.2. The Morgan fingerprint density at radius 2 is 1.88 bits per heavy atom. The maximum Gasteiger partial charge on any atom is 0.204 e. The van der Waals surface area contributed by atoms with Gasteiger partial charge in [-0.1, -0.05) is 44.2 Å². The summed E-state index contributed by atoms with van der Waals surface area (Å²) in [6, 6.07) is 11.2. The molecular formula is C12H16NO2P. The average molecular weight is 237 g/mol. The largest absolute Gasteiger partial charge is 0.305 e. The van der Waals surface area contributed by atoms with Crippen molar-refractivity contribution in [2.45, 2.75) is 20.0 Å². The number of hydrogen-bond donors (Lipinski definition) is 0. The Balaban J connectivity index is 2.87. The van der Waals surface area contributed by atoms with Gasteiger partial charge in [0.25, 0.3) is 0 Å². The Labute approximate surface area is 96.5 Å². The van der Waals surface area contributed by atoms with Crippen LogP contribution in [-0.4, -0.2) is 12.3 Å². The van der Waals surface area contributed by atoms with Gasteiger partial charge in [0, 0.05) is 12.3 Å². The zero-order valence-corrected chi connectivity index (χ0v) is 10.5. The molecule has 0 fully saturated rings. The Morgan fingerprint density at radius 1 is 1.31 bits per heavy atom. The van der Waals surface area contributed by atoms with Crippen LogP contribution in [0.3, 0.4) is 0 Å². The summed E-state index contributed by atoms with van der Waals surface area (Å²) in [5.74, 6) is 0. The van der Waals surface area contributed by atoms with Gasteiger partial charge in [0.15, 0.2) is 6.10 Å². The number of hydrogen-bond acceptors (Lipinski definition) is 3. The molecule has 0 aromatic heterocycles. The fourth-order valence-electron chi connectivity index (χ4n) is 1.35. The first kappa shape index (κ1) is 13.0. The van der Waals surface area contributed by atoms with E-state index in [0.717, 1.165) is 5.56 Å². The third-order valence-electron chi connectivity index (χ3n) is 2.48. The van der Waals surface area contributed by atoms with Crippen LogP contribution in [0.5, 0.6) is 0 Å². The van der Waals surface area contributed by atoms with Crippen LogP contribution in [0.4, 0.5) is 0 Å². The molecule has 0 aliphatic heterocycles. The quantitative estimate of drug-likeness (QED) is 0.735. The molecule has 0 saturated carbocycles. The molecule has 86 valence electrons. The second-order valence-electron chi connectivity index (χ2n) is 3.47. The molecule has 0 aliphatic carbocycles. The van der Waals surface area contributed by atoms with Crippen molar-refractivity contribution in [1.29, 1.82) is 5.26 Å². The van der Waals surface area contributed by atoms with Gasteiger partial charge in [0.2, 0.25) is 7.37 Å². The van der Waals surface area contributed by atoms with Crippen LogP contribution in [0.25, 0.3) is 0 Å². The molecule has 0 amide bonds. The first-order valence-electron chi connectivity index (χ1n) is 5.36. The molecule has 1 rings (SSSR count).